The summed E-state index contributed by atoms with van der Waals surface area (Å²) in [6.07, 6.45) is 5.21. The number of fused-ring (bicyclic) bond motifs is 2. The molecule has 2 saturated carbocycles. The lowest BCUT2D eigenvalue weighted by atomic mass is 9.84. The molecule has 1 aromatic carbocycles. The van der Waals surface area contributed by atoms with Crippen molar-refractivity contribution in [2.24, 2.45) is 17.8 Å². The third-order valence-corrected chi connectivity index (χ3v) is 6.43. The third kappa shape index (κ3) is 3.60. The minimum absolute atomic E-state index is 0.141. The highest BCUT2D eigenvalue weighted by Crippen LogP contribution is 2.49. The van der Waals surface area contributed by atoms with E-state index >= 15 is 0 Å². The summed E-state index contributed by atoms with van der Waals surface area (Å²) >= 11 is 0. The fourth-order valence-electron chi connectivity index (χ4n) is 4.92. The van der Waals surface area contributed by atoms with Crippen LogP contribution in [0.3, 0.4) is 0 Å². The van der Waals surface area contributed by atoms with Crippen molar-refractivity contribution in [1.29, 1.82) is 0 Å². The van der Waals surface area contributed by atoms with Crippen LogP contribution >= 0.6 is 0 Å². The minimum atomic E-state index is -0.189. The van der Waals surface area contributed by atoms with Crippen LogP contribution < -0.4 is 14.8 Å². The van der Waals surface area contributed by atoms with Crippen LogP contribution in [0.1, 0.15) is 54.4 Å². The van der Waals surface area contributed by atoms with E-state index < -0.39 is 0 Å². The van der Waals surface area contributed by atoms with Crippen LogP contribution in [-0.4, -0.2) is 24.2 Å². The number of carbonyl (C=O) groups is 1. The van der Waals surface area contributed by atoms with Gasteiger partial charge in [-0.25, -0.2) is 0 Å². The van der Waals surface area contributed by atoms with E-state index in [1.54, 1.807) is 14.0 Å². The fourth-order valence-corrected chi connectivity index (χ4v) is 4.92. The summed E-state index contributed by atoms with van der Waals surface area (Å²) in [6.45, 7) is 4.10. The predicted molar refractivity (Wildman–Crippen MR) is 104 cm³/mol. The number of nitrogens with one attached hydrogen (secondary N) is 1. The Balaban J connectivity index is 1.43. The molecule has 1 heterocycles. The minimum Gasteiger partial charge on any atom is -0.493 e. The zero-order chi connectivity index (χ0) is 19.7. The van der Waals surface area contributed by atoms with Crippen LogP contribution in [0, 0.1) is 24.7 Å². The van der Waals surface area contributed by atoms with Crippen LogP contribution in [0.15, 0.2) is 28.8 Å². The van der Waals surface area contributed by atoms with Crippen LogP contribution in [0.5, 0.6) is 11.5 Å². The van der Waals surface area contributed by atoms with Crippen molar-refractivity contribution in [2.45, 2.75) is 52.2 Å². The molecule has 6 heteroatoms. The summed E-state index contributed by atoms with van der Waals surface area (Å²) < 4.78 is 16.5. The number of ether oxygens (including phenoxy) is 2. The number of hydrogen-bond donors (Lipinski definition) is 1. The Bertz CT molecular complexity index is 847. The maximum Gasteiger partial charge on any atom is 0.274 e. The Morgan fingerprint density at radius 1 is 1.29 bits per heavy atom. The molecule has 0 saturated heterocycles. The molecule has 2 aliphatic carbocycles. The van der Waals surface area contributed by atoms with E-state index in [1.807, 2.05) is 24.3 Å². The number of aromatic nitrogens is 1. The lowest BCUT2D eigenvalue weighted by Gasteiger charge is -2.28. The van der Waals surface area contributed by atoms with Gasteiger partial charge in [-0.3, -0.25) is 4.79 Å². The van der Waals surface area contributed by atoms with E-state index in [-0.39, 0.29) is 18.6 Å². The number of para-hydroxylation sites is 2. The topological polar surface area (TPSA) is 73.6 Å². The van der Waals surface area contributed by atoms with Gasteiger partial charge in [0.25, 0.3) is 5.91 Å². The molecule has 1 amide bonds. The second-order valence-corrected chi connectivity index (χ2v) is 8.11. The number of methoxy groups -OCH3 is 1. The maximum atomic E-state index is 12.9. The normalized spacial score (nSPS) is 24.2. The van der Waals surface area contributed by atoms with Gasteiger partial charge in [-0.15, -0.1) is 0 Å². The quantitative estimate of drug-likeness (QED) is 0.777. The van der Waals surface area contributed by atoms with Crippen LogP contribution in [-0.2, 0) is 6.61 Å². The number of nitrogens with zero attached hydrogens (tertiary/aromatic N) is 1. The van der Waals surface area contributed by atoms with Crippen molar-refractivity contribution in [3.8, 4) is 11.5 Å². The molecule has 4 rings (SSSR count). The molecule has 150 valence electrons. The summed E-state index contributed by atoms with van der Waals surface area (Å²) in [7, 11) is 1.60. The SMILES string of the molecule is COc1ccccc1OCc1c(C(=O)NC(C)C2CC3CCC2C3)noc1C. The molecule has 2 aliphatic rings. The molecule has 0 radical (unpaired) electrons. The van der Waals surface area contributed by atoms with E-state index in [0.717, 1.165) is 11.8 Å². The molecule has 4 atom stereocenters. The van der Waals surface area contributed by atoms with E-state index in [1.165, 1.54) is 25.7 Å². The van der Waals surface area contributed by atoms with Crippen molar-refractivity contribution >= 4 is 5.91 Å². The first-order chi connectivity index (χ1) is 13.6. The molecule has 0 aliphatic heterocycles. The van der Waals surface area contributed by atoms with E-state index in [2.05, 4.69) is 17.4 Å². The van der Waals surface area contributed by atoms with Crippen molar-refractivity contribution < 1.29 is 18.8 Å². The summed E-state index contributed by atoms with van der Waals surface area (Å²) in [6, 6.07) is 7.57. The standard InChI is InChI=1S/C22H28N2O4/c1-13(17-11-15-8-9-16(17)10-15)23-22(25)21-18(14(2)28-24-21)12-27-20-7-5-4-6-19(20)26-3/h4-7,13,15-17H,8-12H2,1-3H3,(H,23,25). The number of carbonyl (C=O) groups excluding carboxylic acids is 1. The van der Waals surface area contributed by atoms with Crippen molar-refractivity contribution in [1.82, 2.24) is 10.5 Å². The summed E-state index contributed by atoms with van der Waals surface area (Å²) in [4.78, 5) is 12.9. The number of benzene rings is 1. The molecule has 6 nitrogen and oxygen atoms in total. The van der Waals surface area contributed by atoms with E-state index in [0.29, 0.717) is 34.4 Å². The predicted octanol–water partition coefficient (Wildman–Crippen LogP) is 4.13. The largest absolute Gasteiger partial charge is 0.493 e. The second-order valence-electron chi connectivity index (χ2n) is 8.11. The average Bonchev–Trinajstić information content (AvgIpc) is 3.42. The number of amides is 1. The Labute approximate surface area is 165 Å². The van der Waals surface area contributed by atoms with Crippen LogP contribution in [0.2, 0.25) is 0 Å². The highest BCUT2D eigenvalue weighted by Gasteiger charge is 2.42. The first-order valence-electron chi connectivity index (χ1n) is 10.1. The average molecular weight is 384 g/mol. The van der Waals surface area contributed by atoms with Crippen molar-refractivity contribution in [3.63, 3.8) is 0 Å². The summed E-state index contributed by atoms with van der Waals surface area (Å²) in [5.74, 6) is 3.85. The van der Waals surface area contributed by atoms with Crippen molar-refractivity contribution in [3.05, 3.63) is 41.3 Å². The molecular formula is C22H28N2O4. The Kier molecular flexibility index (Phi) is 5.29. The number of rotatable bonds is 7. The van der Waals surface area contributed by atoms with Gasteiger partial charge in [0.15, 0.2) is 17.2 Å². The highest BCUT2D eigenvalue weighted by atomic mass is 16.5. The first kappa shape index (κ1) is 18.8. The Morgan fingerprint density at radius 3 is 2.75 bits per heavy atom. The molecule has 4 unspecified atom stereocenters. The summed E-state index contributed by atoms with van der Waals surface area (Å²) in [5, 5.41) is 7.16. The molecule has 2 aromatic rings. The van der Waals surface area contributed by atoms with Gasteiger partial charge in [0.1, 0.15) is 12.4 Å². The number of aryl methyl sites for hydroxylation is 1. The Morgan fingerprint density at radius 2 is 2.07 bits per heavy atom. The maximum absolute atomic E-state index is 12.9. The van der Waals surface area contributed by atoms with E-state index in [9.17, 15) is 4.79 Å². The molecule has 0 spiro atoms. The lowest BCUT2D eigenvalue weighted by Crippen LogP contribution is -2.40. The molecular weight excluding hydrogens is 356 g/mol. The van der Waals surface area contributed by atoms with Gasteiger partial charge in [0, 0.05) is 6.04 Å². The first-order valence-corrected chi connectivity index (χ1v) is 10.1. The molecule has 1 N–H and O–H groups in total. The smallest absolute Gasteiger partial charge is 0.274 e. The second kappa shape index (κ2) is 7.86. The van der Waals surface area contributed by atoms with E-state index in [4.69, 9.17) is 14.0 Å². The fraction of sp³-hybridized carbons (Fsp3) is 0.545. The Hall–Kier alpha value is -2.50. The van der Waals surface area contributed by atoms with Gasteiger partial charge >= 0.3 is 0 Å². The number of hydrogen-bond acceptors (Lipinski definition) is 5. The van der Waals surface area contributed by atoms with Gasteiger partial charge in [-0.05, 0) is 63.0 Å². The third-order valence-electron chi connectivity index (χ3n) is 6.43. The van der Waals surface area contributed by atoms with Crippen molar-refractivity contribution in [2.75, 3.05) is 7.11 Å². The van der Waals surface area contributed by atoms with Gasteiger partial charge in [-0.2, -0.15) is 0 Å². The highest BCUT2D eigenvalue weighted by molar-refractivity contribution is 5.94. The summed E-state index contributed by atoms with van der Waals surface area (Å²) in [5.41, 5.74) is 0.978. The van der Waals surface area contributed by atoms with Crippen LogP contribution in [0.25, 0.3) is 0 Å². The molecule has 1 aromatic heterocycles. The van der Waals surface area contributed by atoms with Gasteiger partial charge in [0.05, 0.1) is 12.7 Å². The molecule has 28 heavy (non-hydrogen) atoms. The van der Waals surface area contributed by atoms with Gasteiger partial charge < -0.3 is 19.3 Å². The monoisotopic (exact) mass is 384 g/mol. The van der Waals surface area contributed by atoms with Gasteiger partial charge in [0.2, 0.25) is 0 Å². The van der Waals surface area contributed by atoms with Gasteiger partial charge in [-0.1, -0.05) is 23.7 Å². The zero-order valence-electron chi connectivity index (χ0n) is 16.7. The zero-order valence-corrected chi connectivity index (χ0v) is 16.7. The molecule has 2 fully saturated rings. The molecule has 2 bridgehead atoms. The van der Waals surface area contributed by atoms with Crippen LogP contribution in [0.4, 0.5) is 0 Å². The lowest BCUT2D eigenvalue weighted by molar-refractivity contribution is 0.0904.